The zero-order valence-electron chi connectivity index (χ0n) is 16.2. The first-order chi connectivity index (χ1) is 12.9. The number of amides is 1. The van der Waals surface area contributed by atoms with Gasteiger partial charge in [-0.05, 0) is 55.9 Å². The maximum atomic E-state index is 13.0. The molecule has 0 radical (unpaired) electrons. The monoisotopic (exact) mass is 428 g/mol. The summed E-state index contributed by atoms with van der Waals surface area (Å²) < 4.78 is 37.6. The quantitative estimate of drug-likeness (QED) is 0.611. The van der Waals surface area contributed by atoms with Crippen LogP contribution in [0.1, 0.15) is 56.2 Å². The molecule has 3 nitrogen and oxygen atoms in total. The first-order valence-electron chi connectivity index (χ1n) is 9.06. The van der Waals surface area contributed by atoms with Gasteiger partial charge in [0.05, 0.1) is 16.0 Å². The summed E-state index contributed by atoms with van der Waals surface area (Å²) in [7, 11) is 0. The number of anilines is 1. The molecule has 1 amide bonds. The highest BCUT2D eigenvalue weighted by molar-refractivity contribution is 8.01. The first-order valence-corrected chi connectivity index (χ1v) is 10.7. The summed E-state index contributed by atoms with van der Waals surface area (Å²) in [4.78, 5) is 19.2. The number of thioether (sulfide) groups is 1. The van der Waals surface area contributed by atoms with Gasteiger partial charge in [-0.2, -0.15) is 13.2 Å². The fourth-order valence-corrected chi connectivity index (χ4v) is 5.55. The molecule has 1 heterocycles. The minimum absolute atomic E-state index is 0.0478. The molecule has 0 bridgehead atoms. The Bertz CT molecular complexity index is 863. The second-order valence-corrected chi connectivity index (χ2v) is 10.6. The third-order valence-corrected chi connectivity index (χ3v) is 7.76. The number of alkyl halides is 3. The Labute approximate surface area is 171 Å². The Kier molecular flexibility index (Phi) is 5.57. The van der Waals surface area contributed by atoms with Crippen molar-refractivity contribution in [2.24, 2.45) is 0 Å². The van der Waals surface area contributed by atoms with Crippen LogP contribution in [0.5, 0.6) is 0 Å². The molecule has 1 aromatic heterocycles. The minimum Gasteiger partial charge on any atom is -0.301 e. The number of aromatic nitrogens is 1. The Hall–Kier alpha value is -1.54. The molecule has 0 aliphatic heterocycles. The number of nitrogens with one attached hydrogen (secondary N) is 1. The van der Waals surface area contributed by atoms with E-state index in [1.807, 2.05) is 6.92 Å². The Morgan fingerprint density at radius 2 is 1.79 bits per heavy atom. The maximum absolute atomic E-state index is 13.0. The number of halogens is 3. The number of hydrogen-bond acceptors (Lipinski definition) is 4. The van der Waals surface area contributed by atoms with Gasteiger partial charge in [-0.15, -0.1) is 23.1 Å². The van der Waals surface area contributed by atoms with Crippen LogP contribution in [0.25, 0.3) is 0 Å². The summed E-state index contributed by atoms with van der Waals surface area (Å²) in [5.74, 6) is -0.127. The Balaban J connectivity index is 1.74. The highest BCUT2D eigenvalue weighted by Gasteiger charge is 2.45. The van der Waals surface area contributed by atoms with E-state index in [0.29, 0.717) is 22.9 Å². The van der Waals surface area contributed by atoms with Crippen LogP contribution in [0.4, 0.5) is 18.3 Å². The molecule has 152 valence electrons. The molecule has 0 saturated heterocycles. The van der Waals surface area contributed by atoms with Crippen LogP contribution in [-0.4, -0.2) is 15.6 Å². The lowest BCUT2D eigenvalue weighted by Crippen LogP contribution is -2.45. The lowest BCUT2D eigenvalue weighted by molar-refractivity contribution is -0.137. The molecule has 3 rings (SSSR count). The minimum atomic E-state index is -4.36. The van der Waals surface area contributed by atoms with Crippen molar-refractivity contribution in [1.82, 2.24) is 4.98 Å². The topological polar surface area (TPSA) is 42.0 Å². The van der Waals surface area contributed by atoms with Crippen LogP contribution < -0.4 is 5.32 Å². The molecular formula is C20H23F3N2OS2. The van der Waals surface area contributed by atoms with Crippen molar-refractivity contribution in [3.63, 3.8) is 0 Å². The van der Waals surface area contributed by atoms with Gasteiger partial charge in [-0.1, -0.05) is 20.8 Å². The van der Waals surface area contributed by atoms with E-state index >= 15 is 0 Å². The average molecular weight is 429 g/mol. The van der Waals surface area contributed by atoms with Gasteiger partial charge in [-0.3, -0.25) is 4.79 Å². The van der Waals surface area contributed by atoms with Gasteiger partial charge in [0, 0.05) is 9.77 Å². The number of nitrogens with zero attached hydrogens (tertiary/aromatic N) is 1. The number of carbonyl (C=O) groups is 1. The fourth-order valence-electron chi connectivity index (χ4n) is 3.17. The lowest BCUT2D eigenvalue weighted by atomic mass is 9.83. The molecule has 8 heteroatoms. The molecule has 1 fully saturated rings. The summed E-state index contributed by atoms with van der Waals surface area (Å²) >= 11 is 2.82. The Morgan fingerprint density at radius 3 is 2.21 bits per heavy atom. The SMILES string of the molecule is Cc1nc(NC(=O)C2(Sc3ccc(C(F)(F)F)cc3)CCC2)sc1C(C)(C)C. The van der Waals surface area contributed by atoms with Crippen molar-refractivity contribution < 1.29 is 18.0 Å². The van der Waals surface area contributed by atoms with Crippen LogP contribution in [0.2, 0.25) is 0 Å². The summed E-state index contributed by atoms with van der Waals surface area (Å²) in [5, 5.41) is 3.52. The van der Waals surface area contributed by atoms with E-state index in [2.05, 4.69) is 31.1 Å². The van der Waals surface area contributed by atoms with Crippen LogP contribution in [-0.2, 0) is 16.4 Å². The van der Waals surface area contributed by atoms with Crippen molar-refractivity contribution in [3.8, 4) is 0 Å². The van der Waals surface area contributed by atoms with E-state index in [-0.39, 0.29) is 11.3 Å². The molecule has 28 heavy (non-hydrogen) atoms. The third-order valence-electron chi connectivity index (χ3n) is 4.77. The molecule has 1 aliphatic rings. The highest BCUT2D eigenvalue weighted by Crippen LogP contribution is 2.49. The van der Waals surface area contributed by atoms with E-state index < -0.39 is 16.5 Å². The van der Waals surface area contributed by atoms with Gasteiger partial charge in [0.1, 0.15) is 0 Å². The summed E-state index contributed by atoms with van der Waals surface area (Å²) in [6.45, 7) is 8.25. The van der Waals surface area contributed by atoms with E-state index in [0.717, 1.165) is 29.1 Å². The maximum Gasteiger partial charge on any atom is 0.416 e. The van der Waals surface area contributed by atoms with Gasteiger partial charge in [0.15, 0.2) is 5.13 Å². The fraction of sp³-hybridized carbons (Fsp3) is 0.500. The molecule has 0 unspecified atom stereocenters. The van der Waals surface area contributed by atoms with Gasteiger partial charge in [0.25, 0.3) is 0 Å². The van der Waals surface area contributed by atoms with Crippen LogP contribution in [0.3, 0.4) is 0 Å². The van der Waals surface area contributed by atoms with Crippen molar-refractivity contribution in [2.45, 2.75) is 68.2 Å². The molecule has 1 N–H and O–H groups in total. The smallest absolute Gasteiger partial charge is 0.301 e. The van der Waals surface area contributed by atoms with Gasteiger partial charge in [0.2, 0.25) is 5.91 Å². The van der Waals surface area contributed by atoms with Crippen molar-refractivity contribution in [1.29, 1.82) is 0 Å². The molecule has 0 atom stereocenters. The number of rotatable bonds is 4. The zero-order valence-corrected chi connectivity index (χ0v) is 17.9. The van der Waals surface area contributed by atoms with E-state index in [1.165, 1.54) is 35.2 Å². The number of thiazole rings is 1. The predicted octanol–water partition coefficient (Wildman–Crippen LogP) is 6.42. The number of aryl methyl sites for hydroxylation is 1. The van der Waals surface area contributed by atoms with E-state index in [1.54, 1.807) is 0 Å². The molecule has 2 aromatic rings. The van der Waals surface area contributed by atoms with Gasteiger partial charge in [-0.25, -0.2) is 4.98 Å². The summed E-state index contributed by atoms with van der Waals surface area (Å²) in [5.41, 5.74) is 0.177. The number of carbonyl (C=O) groups excluding carboxylic acids is 1. The van der Waals surface area contributed by atoms with Crippen molar-refractivity contribution in [3.05, 3.63) is 40.4 Å². The summed E-state index contributed by atoms with van der Waals surface area (Å²) in [6, 6.07) is 5.00. The van der Waals surface area contributed by atoms with Crippen molar-refractivity contribution >= 4 is 34.1 Å². The largest absolute Gasteiger partial charge is 0.416 e. The van der Waals surface area contributed by atoms with Crippen LogP contribution in [0.15, 0.2) is 29.2 Å². The highest BCUT2D eigenvalue weighted by atomic mass is 32.2. The normalized spacial score (nSPS) is 16.5. The Morgan fingerprint density at radius 1 is 1.18 bits per heavy atom. The molecular weight excluding hydrogens is 405 g/mol. The zero-order chi connectivity index (χ0) is 20.7. The van der Waals surface area contributed by atoms with E-state index in [4.69, 9.17) is 0 Å². The number of hydrogen-bond donors (Lipinski definition) is 1. The summed E-state index contributed by atoms with van der Waals surface area (Å²) in [6.07, 6.45) is -2.05. The van der Waals surface area contributed by atoms with Gasteiger partial charge < -0.3 is 5.32 Å². The second-order valence-electron chi connectivity index (χ2n) is 8.11. The van der Waals surface area contributed by atoms with Gasteiger partial charge >= 0.3 is 6.18 Å². The molecule has 0 spiro atoms. The van der Waals surface area contributed by atoms with Crippen LogP contribution >= 0.6 is 23.1 Å². The first kappa shape index (κ1) is 21.2. The molecule has 1 saturated carbocycles. The average Bonchev–Trinajstić information content (AvgIpc) is 2.91. The standard InChI is InChI=1S/C20H23F3N2OS2/c1-12-15(18(2,3)4)27-17(24-12)25-16(26)19(10-5-11-19)28-14-8-6-13(7-9-14)20(21,22)23/h6-9H,5,10-11H2,1-4H3,(H,24,25,26). The van der Waals surface area contributed by atoms with Crippen molar-refractivity contribution in [2.75, 3.05) is 5.32 Å². The molecule has 1 aromatic carbocycles. The number of benzene rings is 1. The van der Waals surface area contributed by atoms with Crippen LogP contribution in [0, 0.1) is 6.92 Å². The van der Waals surface area contributed by atoms with E-state index in [9.17, 15) is 18.0 Å². The molecule has 1 aliphatic carbocycles. The third kappa shape index (κ3) is 4.38. The predicted molar refractivity (Wildman–Crippen MR) is 108 cm³/mol. The lowest BCUT2D eigenvalue weighted by Gasteiger charge is -2.39. The second kappa shape index (κ2) is 7.37.